The normalized spacial score (nSPS) is 16.3. The monoisotopic (exact) mass is 267 g/mol. The molecule has 0 aliphatic heterocycles. The Morgan fingerprint density at radius 3 is 2.17 bits per heavy atom. The first-order valence-electron chi connectivity index (χ1n) is 7.08. The summed E-state index contributed by atoms with van der Waals surface area (Å²) >= 11 is 5.92. The molecule has 1 aromatic carbocycles. The Morgan fingerprint density at radius 2 is 1.67 bits per heavy atom. The molecule has 0 heterocycles. The molecule has 2 unspecified atom stereocenters. The third-order valence-electron chi connectivity index (χ3n) is 3.73. The van der Waals surface area contributed by atoms with Gasteiger partial charge in [0.05, 0.1) is 0 Å². The first kappa shape index (κ1) is 15.5. The third-order valence-corrected chi connectivity index (χ3v) is 3.98. The molecule has 3 atom stereocenters. The van der Waals surface area contributed by atoms with Crippen LogP contribution in [0.4, 0.5) is 0 Å². The van der Waals surface area contributed by atoms with Gasteiger partial charge in [0.15, 0.2) is 0 Å². The average molecular weight is 268 g/mol. The zero-order valence-electron chi connectivity index (χ0n) is 12.0. The second kappa shape index (κ2) is 7.81. The molecule has 0 amide bonds. The Morgan fingerprint density at radius 1 is 1.06 bits per heavy atom. The largest absolute Gasteiger partial charge is 0.307 e. The van der Waals surface area contributed by atoms with E-state index >= 15 is 0 Å². The van der Waals surface area contributed by atoms with Crippen LogP contribution in [0, 0.1) is 5.92 Å². The highest BCUT2D eigenvalue weighted by Crippen LogP contribution is 2.19. The standard InChI is InChI=1S/C16H26ClN/c1-5-12(3)11-16(6-2)18-13(4)14-7-9-15(17)10-8-14/h7-10,12-13,16,18H,5-6,11H2,1-4H3/t12?,13-,16?/m1/s1. The van der Waals surface area contributed by atoms with E-state index in [1.807, 2.05) is 12.1 Å². The summed E-state index contributed by atoms with van der Waals surface area (Å²) in [4.78, 5) is 0. The minimum Gasteiger partial charge on any atom is -0.307 e. The molecule has 2 heteroatoms. The second-order valence-electron chi connectivity index (χ2n) is 5.29. The first-order chi connectivity index (χ1) is 8.56. The molecule has 1 N–H and O–H groups in total. The molecule has 0 spiro atoms. The highest BCUT2D eigenvalue weighted by atomic mass is 35.5. The molecule has 0 fully saturated rings. The number of benzene rings is 1. The van der Waals surface area contributed by atoms with E-state index < -0.39 is 0 Å². The van der Waals surface area contributed by atoms with Crippen LogP contribution in [-0.4, -0.2) is 6.04 Å². The third kappa shape index (κ3) is 4.99. The van der Waals surface area contributed by atoms with Crippen LogP contribution in [0.25, 0.3) is 0 Å². The van der Waals surface area contributed by atoms with Crippen LogP contribution in [0.1, 0.15) is 58.6 Å². The van der Waals surface area contributed by atoms with E-state index in [1.54, 1.807) is 0 Å². The topological polar surface area (TPSA) is 12.0 Å². The van der Waals surface area contributed by atoms with Gasteiger partial charge in [-0.05, 0) is 43.4 Å². The summed E-state index contributed by atoms with van der Waals surface area (Å²) < 4.78 is 0. The van der Waals surface area contributed by atoms with Crippen LogP contribution < -0.4 is 5.32 Å². The fourth-order valence-corrected chi connectivity index (χ4v) is 2.33. The second-order valence-corrected chi connectivity index (χ2v) is 5.73. The summed E-state index contributed by atoms with van der Waals surface area (Å²) in [5.41, 5.74) is 1.31. The van der Waals surface area contributed by atoms with E-state index in [2.05, 4.69) is 45.1 Å². The van der Waals surface area contributed by atoms with E-state index in [-0.39, 0.29) is 0 Å². The minimum atomic E-state index is 0.385. The van der Waals surface area contributed by atoms with Crippen molar-refractivity contribution in [1.29, 1.82) is 0 Å². The molecule has 0 saturated heterocycles. The lowest BCUT2D eigenvalue weighted by molar-refractivity contribution is 0.359. The Kier molecular flexibility index (Phi) is 6.73. The van der Waals surface area contributed by atoms with Crippen molar-refractivity contribution < 1.29 is 0 Å². The zero-order valence-corrected chi connectivity index (χ0v) is 12.8. The van der Waals surface area contributed by atoms with Gasteiger partial charge in [-0.3, -0.25) is 0 Å². The van der Waals surface area contributed by atoms with Crippen molar-refractivity contribution in [3.63, 3.8) is 0 Å². The van der Waals surface area contributed by atoms with Crippen molar-refractivity contribution in [3.8, 4) is 0 Å². The van der Waals surface area contributed by atoms with Crippen molar-refractivity contribution in [2.24, 2.45) is 5.92 Å². The quantitative estimate of drug-likeness (QED) is 0.715. The molecule has 0 saturated carbocycles. The average Bonchev–Trinajstić information content (AvgIpc) is 2.38. The molecule has 0 aliphatic carbocycles. The number of hydrogen-bond acceptors (Lipinski definition) is 1. The smallest absolute Gasteiger partial charge is 0.0406 e. The van der Waals surface area contributed by atoms with E-state index in [4.69, 9.17) is 11.6 Å². The Hall–Kier alpha value is -0.530. The molecule has 1 nitrogen and oxygen atoms in total. The summed E-state index contributed by atoms with van der Waals surface area (Å²) in [5.74, 6) is 0.792. The molecule has 1 rings (SSSR count). The minimum absolute atomic E-state index is 0.385. The molecule has 0 aliphatic rings. The van der Waals surface area contributed by atoms with Crippen LogP contribution in [0.3, 0.4) is 0 Å². The predicted octanol–water partition coefficient (Wildman–Crippen LogP) is 5.21. The number of rotatable bonds is 7. The lowest BCUT2D eigenvalue weighted by Gasteiger charge is -2.25. The van der Waals surface area contributed by atoms with Crippen LogP contribution in [-0.2, 0) is 0 Å². The van der Waals surface area contributed by atoms with Crippen LogP contribution >= 0.6 is 11.6 Å². The van der Waals surface area contributed by atoms with Crippen LogP contribution in [0.5, 0.6) is 0 Å². The molecular weight excluding hydrogens is 242 g/mol. The maximum absolute atomic E-state index is 5.92. The molecule has 0 aromatic heterocycles. The van der Waals surface area contributed by atoms with E-state index in [0.29, 0.717) is 12.1 Å². The molecular formula is C16H26ClN. The van der Waals surface area contributed by atoms with Gasteiger partial charge in [0.25, 0.3) is 0 Å². The van der Waals surface area contributed by atoms with Crippen molar-refractivity contribution in [1.82, 2.24) is 5.32 Å². The van der Waals surface area contributed by atoms with Crippen LogP contribution in [0.15, 0.2) is 24.3 Å². The van der Waals surface area contributed by atoms with Crippen molar-refractivity contribution in [3.05, 3.63) is 34.9 Å². The van der Waals surface area contributed by atoms with Gasteiger partial charge in [-0.1, -0.05) is 50.9 Å². The molecule has 1 aromatic rings. The number of nitrogens with one attached hydrogen (secondary N) is 1. The predicted molar refractivity (Wildman–Crippen MR) is 81.2 cm³/mol. The van der Waals surface area contributed by atoms with Crippen molar-refractivity contribution >= 4 is 11.6 Å². The number of hydrogen-bond donors (Lipinski definition) is 1. The fourth-order valence-electron chi connectivity index (χ4n) is 2.21. The van der Waals surface area contributed by atoms with Gasteiger partial charge in [0, 0.05) is 17.1 Å². The van der Waals surface area contributed by atoms with Crippen molar-refractivity contribution in [2.75, 3.05) is 0 Å². The maximum Gasteiger partial charge on any atom is 0.0406 e. The van der Waals surface area contributed by atoms with Gasteiger partial charge >= 0.3 is 0 Å². The van der Waals surface area contributed by atoms with Gasteiger partial charge in [0.1, 0.15) is 0 Å². The van der Waals surface area contributed by atoms with Crippen molar-refractivity contribution in [2.45, 2.75) is 59.0 Å². The SMILES string of the molecule is CCC(C)CC(CC)N[C@H](C)c1ccc(Cl)cc1. The lowest BCUT2D eigenvalue weighted by Crippen LogP contribution is -2.32. The molecule has 0 radical (unpaired) electrons. The summed E-state index contributed by atoms with van der Waals surface area (Å²) in [5, 5.41) is 4.53. The summed E-state index contributed by atoms with van der Waals surface area (Å²) in [6.45, 7) is 9.08. The molecule has 102 valence electrons. The van der Waals surface area contributed by atoms with E-state index in [1.165, 1.54) is 24.8 Å². The lowest BCUT2D eigenvalue weighted by atomic mass is 9.96. The van der Waals surface area contributed by atoms with E-state index in [9.17, 15) is 0 Å². The highest BCUT2D eigenvalue weighted by molar-refractivity contribution is 6.30. The Labute approximate surface area is 117 Å². The Balaban J connectivity index is 2.56. The van der Waals surface area contributed by atoms with Gasteiger partial charge in [-0.2, -0.15) is 0 Å². The summed E-state index contributed by atoms with van der Waals surface area (Å²) in [6, 6.07) is 9.13. The van der Waals surface area contributed by atoms with E-state index in [0.717, 1.165) is 10.9 Å². The van der Waals surface area contributed by atoms with Gasteiger partial charge < -0.3 is 5.32 Å². The van der Waals surface area contributed by atoms with Gasteiger partial charge in [-0.15, -0.1) is 0 Å². The van der Waals surface area contributed by atoms with Crippen LogP contribution in [0.2, 0.25) is 5.02 Å². The first-order valence-corrected chi connectivity index (χ1v) is 7.46. The fraction of sp³-hybridized carbons (Fsp3) is 0.625. The summed E-state index contributed by atoms with van der Waals surface area (Å²) in [6.07, 6.45) is 3.70. The summed E-state index contributed by atoms with van der Waals surface area (Å²) in [7, 11) is 0. The maximum atomic E-state index is 5.92. The number of halogens is 1. The molecule has 0 bridgehead atoms. The van der Waals surface area contributed by atoms with Gasteiger partial charge in [0.2, 0.25) is 0 Å². The van der Waals surface area contributed by atoms with Gasteiger partial charge in [-0.25, -0.2) is 0 Å². The zero-order chi connectivity index (χ0) is 13.5. The molecule has 18 heavy (non-hydrogen) atoms. The Bertz CT molecular complexity index is 333. The highest BCUT2D eigenvalue weighted by Gasteiger charge is 2.14.